The van der Waals surface area contributed by atoms with Crippen molar-refractivity contribution in [3.05, 3.63) is 59.1 Å². The lowest BCUT2D eigenvalue weighted by Gasteiger charge is -2.19. The Bertz CT molecular complexity index is 885. The van der Waals surface area contributed by atoms with Crippen LogP contribution >= 0.6 is 11.6 Å². The van der Waals surface area contributed by atoms with Crippen LogP contribution in [0.25, 0.3) is 0 Å². The fourth-order valence-electron chi connectivity index (χ4n) is 3.87. The second-order valence-electron chi connectivity index (χ2n) is 6.87. The van der Waals surface area contributed by atoms with Crippen LogP contribution in [-0.2, 0) is 9.59 Å². The van der Waals surface area contributed by atoms with Crippen molar-refractivity contribution in [2.75, 3.05) is 4.90 Å². The molecule has 6 heteroatoms. The maximum absolute atomic E-state index is 12.6. The van der Waals surface area contributed by atoms with Gasteiger partial charge in [0, 0.05) is 0 Å². The van der Waals surface area contributed by atoms with Gasteiger partial charge in [0.2, 0.25) is 11.8 Å². The molecule has 0 radical (unpaired) electrons. The molecule has 2 aliphatic rings. The molecular formula is C21H18ClNO4. The molecule has 27 heavy (non-hydrogen) atoms. The Hall–Kier alpha value is -2.66. The van der Waals surface area contributed by atoms with E-state index in [4.69, 9.17) is 16.3 Å². The zero-order valence-corrected chi connectivity index (χ0v) is 15.3. The zero-order valence-electron chi connectivity index (χ0n) is 14.6. The van der Waals surface area contributed by atoms with Crippen molar-refractivity contribution in [1.29, 1.82) is 0 Å². The highest BCUT2D eigenvalue weighted by atomic mass is 35.5. The summed E-state index contributed by atoms with van der Waals surface area (Å²) in [5.74, 6) is -0.864. The van der Waals surface area contributed by atoms with Gasteiger partial charge in [-0.1, -0.05) is 36.6 Å². The summed E-state index contributed by atoms with van der Waals surface area (Å²) in [7, 11) is 0. The fraction of sp³-hybridized carbons (Fsp3) is 0.286. The highest BCUT2D eigenvalue weighted by Gasteiger charge is 2.48. The molecule has 1 heterocycles. The highest BCUT2D eigenvalue weighted by Crippen LogP contribution is 2.40. The number of esters is 1. The molecule has 5 nitrogen and oxygen atoms in total. The largest absolute Gasteiger partial charge is 0.423 e. The van der Waals surface area contributed by atoms with Gasteiger partial charge in [0.1, 0.15) is 5.75 Å². The molecule has 2 amide bonds. The molecule has 2 aromatic rings. The van der Waals surface area contributed by atoms with Crippen molar-refractivity contribution in [3.63, 3.8) is 0 Å². The van der Waals surface area contributed by atoms with Crippen molar-refractivity contribution in [2.24, 2.45) is 11.8 Å². The van der Waals surface area contributed by atoms with Gasteiger partial charge >= 0.3 is 5.97 Å². The first-order valence-electron chi connectivity index (χ1n) is 9.01. The van der Waals surface area contributed by atoms with E-state index >= 15 is 0 Å². The SMILES string of the molecule is O=C(Oc1ccc(N2C(=O)C3CCCCC3C2=O)cc1)c1ccccc1Cl. The summed E-state index contributed by atoms with van der Waals surface area (Å²) in [6.07, 6.45) is 3.54. The average molecular weight is 384 g/mol. The van der Waals surface area contributed by atoms with Crippen molar-refractivity contribution >= 4 is 35.1 Å². The number of benzene rings is 2. The Balaban J connectivity index is 1.51. The van der Waals surface area contributed by atoms with Gasteiger partial charge in [0.25, 0.3) is 0 Å². The fourth-order valence-corrected chi connectivity index (χ4v) is 4.08. The second kappa shape index (κ2) is 7.16. The van der Waals surface area contributed by atoms with Crippen LogP contribution in [0, 0.1) is 11.8 Å². The Kier molecular flexibility index (Phi) is 4.70. The summed E-state index contributed by atoms with van der Waals surface area (Å²) in [5, 5.41) is 0.315. The second-order valence-corrected chi connectivity index (χ2v) is 7.28. The summed E-state index contributed by atoms with van der Waals surface area (Å²) < 4.78 is 5.34. The van der Waals surface area contributed by atoms with E-state index in [1.54, 1.807) is 48.5 Å². The molecule has 2 aromatic carbocycles. The molecule has 0 bridgehead atoms. The van der Waals surface area contributed by atoms with Crippen molar-refractivity contribution in [1.82, 2.24) is 0 Å². The van der Waals surface area contributed by atoms with Crippen LogP contribution in [0.5, 0.6) is 5.75 Å². The van der Waals surface area contributed by atoms with E-state index in [0.29, 0.717) is 16.5 Å². The van der Waals surface area contributed by atoms with Gasteiger partial charge in [-0.3, -0.25) is 14.5 Å². The molecule has 1 aliphatic heterocycles. The number of hydrogen-bond donors (Lipinski definition) is 0. The van der Waals surface area contributed by atoms with E-state index in [-0.39, 0.29) is 29.2 Å². The third kappa shape index (κ3) is 3.23. The van der Waals surface area contributed by atoms with Gasteiger partial charge in [0.15, 0.2) is 0 Å². The smallest absolute Gasteiger partial charge is 0.345 e. The average Bonchev–Trinajstić information content (AvgIpc) is 2.94. The maximum atomic E-state index is 12.6. The molecule has 138 valence electrons. The maximum Gasteiger partial charge on any atom is 0.345 e. The normalized spacial score (nSPS) is 21.9. The highest BCUT2D eigenvalue weighted by molar-refractivity contribution is 6.33. The van der Waals surface area contributed by atoms with Crippen LogP contribution in [0.15, 0.2) is 48.5 Å². The molecule has 2 atom stereocenters. The van der Waals surface area contributed by atoms with Gasteiger partial charge in [-0.25, -0.2) is 4.79 Å². The quantitative estimate of drug-likeness (QED) is 0.452. The Morgan fingerprint density at radius 1 is 0.926 bits per heavy atom. The number of rotatable bonds is 3. The standard InChI is InChI=1S/C21H18ClNO4/c22-18-8-4-3-7-17(18)21(26)27-14-11-9-13(10-12-14)23-19(24)15-5-1-2-6-16(15)20(23)25/h3-4,7-12,15-16H,1-2,5-6H2. The van der Waals surface area contributed by atoms with E-state index in [1.165, 1.54) is 4.90 Å². The number of carbonyl (C=O) groups is 3. The van der Waals surface area contributed by atoms with E-state index in [9.17, 15) is 14.4 Å². The Morgan fingerprint density at radius 2 is 1.52 bits per heavy atom. The van der Waals surface area contributed by atoms with Crippen molar-refractivity contribution < 1.29 is 19.1 Å². The number of amides is 2. The molecular weight excluding hydrogens is 366 g/mol. The Labute approximate surface area is 161 Å². The van der Waals surface area contributed by atoms with Crippen molar-refractivity contribution in [2.45, 2.75) is 25.7 Å². The molecule has 2 unspecified atom stereocenters. The molecule has 0 spiro atoms. The monoisotopic (exact) mass is 383 g/mol. The first-order chi connectivity index (χ1) is 13.1. The molecule has 1 saturated carbocycles. The van der Waals surface area contributed by atoms with Crippen molar-refractivity contribution in [3.8, 4) is 5.75 Å². The minimum absolute atomic E-state index is 0.120. The molecule has 0 N–H and O–H groups in total. The van der Waals surface area contributed by atoms with E-state index in [1.807, 2.05) is 0 Å². The third-order valence-corrected chi connectivity index (χ3v) is 5.57. The zero-order chi connectivity index (χ0) is 19.0. The first kappa shape index (κ1) is 17.7. The lowest BCUT2D eigenvalue weighted by molar-refractivity contribution is -0.122. The summed E-state index contributed by atoms with van der Waals surface area (Å²) in [5.41, 5.74) is 0.786. The van der Waals surface area contributed by atoms with E-state index < -0.39 is 5.97 Å². The predicted molar refractivity (Wildman–Crippen MR) is 101 cm³/mol. The van der Waals surface area contributed by atoms with Crippen LogP contribution in [-0.4, -0.2) is 17.8 Å². The number of ether oxygens (including phenoxy) is 1. The molecule has 1 saturated heterocycles. The van der Waals surface area contributed by atoms with Gasteiger partial charge in [-0.05, 0) is 49.2 Å². The van der Waals surface area contributed by atoms with Crippen LogP contribution in [0.4, 0.5) is 5.69 Å². The molecule has 0 aromatic heterocycles. The summed E-state index contributed by atoms with van der Waals surface area (Å²) in [6, 6.07) is 13.0. The number of carbonyl (C=O) groups excluding carboxylic acids is 3. The lowest BCUT2D eigenvalue weighted by Crippen LogP contribution is -2.30. The lowest BCUT2D eigenvalue weighted by atomic mass is 9.81. The first-order valence-corrected chi connectivity index (χ1v) is 9.38. The van der Waals surface area contributed by atoms with E-state index in [0.717, 1.165) is 25.7 Å². The Morgan fingerprint density at radius 3 is 2.11 bits per heavy atom. The van der Waals surface area contributed by atoms with Gasteiger partial charge < -0.3 is 4.74 Å². The number of fused-ring (bicyclic) bond motifs is 1. The summed E-state index contributed by atoms with van der Waals surface area (Å²) in [4.78, 5) is 38.8. The molecule has 2 fully saturated rings. The number of halogens is 1. The predicted octanol–water partition coefficient (Wildman–Crippen LogP) is 4.24. The number of imide groups is 1. The molecule has 4 rings (SSSR count). The van der Waals surface area contributed by atoms with Gasteiger partial charge in [0.05, 0.1) is 28.1 Å². The third-order valence-electron chi connectivity index (χ3n) is 5.24. The summed E-state index contributed by atoms with van der Waals surface area (Å²) in [6.45, 7) is 0. The van der Waals surface area contributed by atoms with Crippen LogP contribution in [0.1, 0.15) is 36.0 Å². The number of hydrogen-bond acceptors (Lipinski definition) is 4. The number of anilines is 1. The van der Waals surface area contributed by atoms with E-state index in [2.05, 4.69) is 0 Å². The van der Waals surface area contributed by atoms with Crippen LogP contribution in [0.2, 0.25) is 5.02 Å². The topological polar surface area (TPSA) is 63.7 Å². The molecule has 1 aliphatic carbocycles. The minimum atomic E-state index is -0.562. The van der Waals surface area contributed by atoms with Gasteiger partial charge in [-0.15, -0.1) is 0 Å². The van der Waals surface area contributed by atoms with Crippen LogP contribution in [0.3, 0.4) is 0 Å². The minimum Gasteiger partial charge on any atom is -0.423 e. The summed E-state index contributed by atoms with van der Waals surface area (Å²) >= 11 is 6.01. The number of nitrogens with zero attached hydrogens (tertiary/aromatic N) is 1. The van der Waals surface area contributed by atoms with Crippen LogP contribution < -0.4 is 9.64 Å². The van der Waals surface area contributed by atoms with Gasteiger partial charge in [-0.2, -0.15) is 0 Å².